The van der Waals surface area contributed by atoms with Gasteiger partial charge in [-0.1, -0.05) is 0 Å². The Kier molecular flexibility index (Phi) is 2.29. The van der Waals surface area contributed by atoms with Crippen molar-refractivity contribution in [2.45, 2.75) is 0 Å². The standard InChI is InChI=1S/C14H12N4O2/c15-10-2-4-13-16-17-14(18(13)8-10)9-1-3-11-12(7-9)20-6-5-19-11/h1-4,7-8H,5-6,15H2. The van der Waals surface area contributed by atoms with Crippen LogP contribution in [0.2, 0.25) is 0 Å². The lowest BCUT2D eigenvalue weighted by atomic mass is 10.2. The average molecular weight is 268 g/mol. The number of ether oxygens (including phenoxy) is 2. The third-order valence-corrected chi connectivity index (χ3v) is 3.23. The summed E-state index contributed by atoms with van der Waals surface area (Å²) in [5, 5.41) is 8.35. The number of nitrogen functional groups attached to an aromatic ring is 1. The number of nitrogens with zero attached hydrogens (tertiary/aromatic N) is 3. The molecular formula is C14H12N4O2. The van der Waals surface area contributed by atoms with Gasteiger partial charge in [0, 0.05) is 17.4 Å². The molecule has 0 spiro atoms. The molecule has 2 N–H and O–H groups in total. The summed E-state index contributed by atoms with van der Waals surface area (Å²) in [7, 11) is 0. The molecule has 4 rings (SSSR count). The fraction of sp³-hybridized carbons (Fsp3) is 0.143. The Morgan fingerprint density at radius 3 is 2.75 bits per heavy atom. The highest BCUT2D eigenvalue weighted by Gasteiger charge is 2.15. The van der Waals surface area contributed by atoms with Crippen molar-refractivity contribution in [3.05, 3.63) is 36.5 Å². The molecule has 1 aromatic carbocycles. The maximum Gasteiger partial charge on any atom is 0.168 e. The summed E-state index contributed by atoms with van der Waals surface area (Å²) >= 11 is 0. The van der Waals surface area contributed by atoms with Gasteiger partial charge in [0.05, 0.1) is 0 Å². The molecular weight excluding hydrogens is 256 g/mol. The van der Waals surface area contributed by atoms with Gasteiger partial charge in [-0.15, -0.1) is 10.2 Å². The molecule has 6 nitrogen and oxygen atoms in total. The zero-order valence-electron chi connectivity index (χ0n) is 10.6. The van der Waals surface area contributed by atoms with Crippen molar-refractivity contribution in [1.29, 1.82) is 0 Å². The smallest absolute Gasteiger partial charge is 0.168 e. The topological polar surface area (TPSA) is 74.7 Å². The first kappa shape index (κ1) is 11.1. The number of anilines is 1. The molecule has 0 bridgehead atoms. The van der Waals surface area contributed by atoms with Crippen molar-refractivity contribution >= 4 is 11.3 Å². The van der Waals surface area contributed by atoms with Gasteiger partial charge in [-0.2, -0.15) is 0 Å². The Hall–Kier alpha value is -2.76. The minimum atomic E-state index is 0.560. The Labute approximate surface area is 114 Å². The first-order valence-electron chi connectivity index (χ1n) is 6.31. The molecule has 6 heteroatoms. The van der Waals surface area contributed by atoms with Gasteiger partial charge in [0.25, 0.3) is 0 Å². The molecule has 3 heterocycles. The summed E-state index contributed by atoms with van der Waals surface area (Å²) in [5.74, 6) is 2.21. The summed E-state index contributed by atoms with van der Waals surface area (Å²) in [6.45, 7) is 1.14. The molecule has 0 unspecified atom stereocenters. The second-order valence-electron chi connectivity index (χ2n) is 4.57. The third-order valence-electron chi connectivity index (χ3n) is 3.23. The van der Waals surface area contributed by atoms with Crippen molar-refractivity contribution in [2.75, 3.05) is 18.9 Å². The Morgan fingerprint density at radius 1 is 1.00 bits per heavy atom. The van der Waals surface area contributed by atoms with Crippen LogP contribution in [0.25, 0.3) is 17.0 Å². The largest absolute Gasteiger partial charge is 0.486 e. The molecule has 0 radical (unpaired) electrons. The summed E-state index contributed by atoms with van der Waals surface area (Å²) in [6, 6.07) is 9.37. The fourth-order valence-electron chi connectivity index (χ4n) is 2.29. The van der Waals surface area contributed by atoms with Crippen LogP contribution in [0.15, 0.2) is 36.5 Å². The van der Waals surface area contributed by atoms with Gasteiger partial charge in [0.15, 0.2) is 23.0 Å². The van der Waals surface area contributed by atoms with E-state index < -0.39 is 0 Å². The first-order valence-corrected chi connectivity index (χ1v) is 6.31. The van der Waals surface area contributed by atoms with Crippen LogP contribution in [-0.2, 0) is 0 Å². The molecule has 1 aliphatic rings. The lowest BCUT2D eigenvalue weighted by molar-refractivity contribution is 0.171. The number of fused-ring (bicyclic) bond motifs is 2. The first-order chi connectivity index (χ1) is 9.81. The highest BCUT2D eigenvalue weighted by Crippen LogP contribution is 2.34. The van der Waals surface area contributed by atoms with Gasteiger partial charge < -0.3 is 15.2 Å². The maximum atomic E-state index is 5.82. The van der Waals surface area contributed by atoms with E-state index in [9.17, 15) is 0 Å². The van der Waals surface area contributed by atoms with Gasteiger partial charge in [-0.3, -0.25) is 4.40 Å². The zero-order valence-corrected chi connectivity index (χ0v) is 10.6. The van der Waals surface area contributed by atoms with Crippen LogP contribution in [0.3, 0.4) is 0 Å². The Morgan fingerprint density at radius 2 is 1.85 bits per heavy atom. The second kappa shape index (κ2) is 4.12. The van der Waals surface area contributed by atoms with Gasteiger partial charge in [-0.25, -0.2) is 0 Å². The molecule has 0 saturated heterocycles. The summed E-state index contributed by atoms with van der Waals surface area (Å²) in [4.78, 5) is 0. The Bertz CT molecular complexity index is 797. The van der Waals surface area contributed by atoms with E-state index in [1.165, 1.54) is 0 Å². The monoisotopic (exact) mass is 268 g/mol. The van der Waals surface area contributed by atoms with Crippen LogP contribution in [0.1, 0.15) is 0 Å². The van der Waals surface area contributed by atoms with E-state index in [0.29, 0.717) is 18.9 Å². The van der Waals surface area contributed by atoms with Crippen LogP contribution in [0, 0.1) is 0 Å². The molecule has 0 aliphatic carbocycles. The summed E-state index contributed by atoms with van der Waals surface area (Å²) < 4.78 is 13.0. The van der Waals surface area contributed by atoms with Gasteiger partial charge in [-0.05, 0) is 30.3 Å². The number of hydrogen-bond acceptors (Lipinski definition) is 5. The summed E-state index contributed by atoms with van der Waals surface area (Å²) in [6.07, 6.45) is 1.81. The number of aromatic nitrogens is 3. The third kappa shape index (κ3) is 1.65. The van der Waals surface area contributed by atoms with Gasteiger partial charge in [0.2, 0.25) is 0 Å². The molecule has 2 aromatic heterocycles. The quantitative estimate of drug-likeness (QED) is 0.727. The highest BCUT2D eigenvalue weighted by atomic mass is 16.6. The molecule has 0 saturated carbocycles. The normalized spacial score (nSPS) is 13.6. The Balaban J connectivity index is 1.88. The lowest BCUT2D eigenvalue weighted by Crippen LogP contribution is -2.15. The van der Waals surface area contributed by atoms with E-state index in [2.05, 4.69) is 10.2 Å². The number of rotatable bonds is 1. The van der Waals surface area contributed by atoms with Crippen molar-refractivity contribution in [2.24, 2.45) is 0 Å². The predicted octanol–water partition coefficient (Wildman–Crippen LogP) is 1.75. The molecule has 3 aromatic rings. The molecule has 20 heavy (non-hydrogen) atoms. The second-order valence-corrected chi connectivity index (χ2v) is 4.57. The van der Waals surface area contributed by atoms with E-state index >= 15 is 0 Å². The molecule has 1 aliphatic heterocycles. The van der Waals surface area contributed by atoms with Crippen molar-refractivity contribution in [3.63, 3.8) is 0 Å². The predicted molar refractivity (Wildman–Crippen MR) is 73.8 cm³/mol. The number of nitrogens with two attached hydrogens (primary N) is 1. The van der Waals surface area contributed by atoms with Gasteiger partial charge >= 0.3 is 0 Å². The van der Waals surface area contributed by atoms with Crippen LogP contribution >= 0.6 is 0 Å². The van der Waals surface area contributed by atoms with E-state index in [1.807, 2.05) is 34.9 Å². The molecule has 0 amide bonds. The van der Waals surface area contributed by atoms with Gasteiger partial charge in [0.1, 0.15) is 13.2 Å². The lowest BCUT2D eigenvalue weighted by Gasteiger charge is -2.18. The van der Waals surface area contributed by atoms with Crippen molar-refractivity contribution in [1.82, 2.24) is 14.6 Å². The molecule has 100 valence electrons. The minimum Gasteiger partial charge on any atom is -0.486 e. The summed E-state index contributed by atoms with van der Waals surface area (Å²) in [5.41, 5.74) is 8.15. The maximum absolute atomic E-state index is 5.82. The SMILES string of the molecule is Nc1ccc2nnc(-c3ccc4c(c3)OCCO4)n2c1. The fourth-order valence-corrected chi connectivity index (χ4v) is 2.29. The van der Waals surface area contributed by atoms with E-state index in [0.717, 1.165) is 28.5 Å². The van der Waals surface area contributed by atoms with Crippen LogP contribution < -0.4 is 15.2 Å². The van der Waals surface area contributed by atoms with Crippen molar-refractivity contribution in [3.8, 4) is 22.9 Å². The van der Waals surface area contributed by atoms with E-state index in [4.69, 9.17) is 15.2 Å². The molecule has 0 fully saturated rings. The van der Waals surface area contributed by atoms with Crippen molar-refractivity contribution < 1.29 is 9.47 Å². The van der Waals surface area contributed by atoms with Crippen LogP contribution in [0.5, 0.6) is 11.5 Å². The average Bonchev–Trinajstić information content (AvgIpc) is 2.89. The van der Waals surface area contributed by atoms with Crippen LogP contribution in [0.4, 0.5) is 5.69 Å². The number of pyridine rings is 1. The minimum absolute atomic E-state index is 0.560. The van der Waals surface area contributed by atoms with E-state index in [-0.39, 0.29) is 0 Å². The number of hydrogen-bond donors (Lipinski definition) is 1. The number of benzene rings is 1. The highest BCUT2D eigenvalue weighted by molar-refractivity contribution is 5.65. The van der Waals surface area contributed by atoms with Crippen LogP contribution in [-0.4, -0.2) is 27.8 Å². The zero-order chi connectivity index (χ0) is 13.5. The van der Waals surface area contributed by atoms with E-state index in [1.54, 1.807) is 6.07 Å². The molecule has 0 atom stereocenters.